The van der Waals surface area contributed by atoms with Crippen molar-refractivity contribution >= 4 is 27.3 Å². The zero-order valence-electron chi connectivity index (χ0n) is 17.5. The molecule has 0 saturated carbocycles. The van der Waals surface area contributed by atoms with E-state index >= 15 is 0 Å². The van der Waals surface area contributed by atoms with Gasteiger partial charge in [-0.3, -0.25) is 9.10 Å². The summed E-state index contributed by atoms with van der Waals surface area (Å²) in [6.45, 7) is 0. The molecule has 0 radical (unpaired) electrons. The van der Waals surface area contributed by atoms with Crippen LogP contribution in [0.5, 0.6) is 0 Å². The molecule has 32 heavy (non-hydrogen) atoms. The first-order valence-corrected chi connectivity index (χ1v) is 11.5. The lowest BCUT2D eigenvalue weighted by Crippen LogP contribution is -2.26. The van der Waals surface area contributed by atoms with Gasteiger partial charge in [0.15, 0.2) is 0 Å². The Kier molecular flexibility index (Phi) is 6.05. The van der Waals surface area contributed by atoms with Gasteiger partial charge in [0.25, 0.3) is 15.9 Å². The maximum Gasteiger partial charge on any atom is 0.264 e. The molecular weight excluding hydrogens is 420 g/mol. The molecule has 0 heterocycles. The number of benzene rings is 4. The molecule has 4 aromatic rings. The molecule has 1 amide bonds. The van der Waals surface area contributed by atoms with Gasteiger partial charge in [0.1, 0.15) is 0 Å². The fraction of sp³-hybridized carbons (Fsp3) is 0.0385. The highest BCUT2D eigenvalue weighted by molar-refractivity contribution is 7.92. The monoisotopic (exact) mass is 442 g/mol. The van der Waals surface area contributed by atoms with Gasteiger partial charge in [-0.1, -0.05) is 66.7 Å². The Bertz CT molecular complexity index is 1320. The number of carbonyl (C=O) groups is 1. The van der Waals surface area contributed by atoms with Crippen LogP contribution in [0.15, 0.2) is 114 Å². The summed E-state index contributed by atoms with van der Waals surface area (Å²) in [4.78, 5) is 13.0. The molecule has 0 aromatic heterocycles. The molecule has 0 spiro atoms. The molecule has 4 aromatic carbocycles. The number of para-hydroxylation sites is 2. The smallest absolute Gasteiger partial charge is 0.264 e. The third kappa shape index (κ3) is 4.40. The first-order chi connectivity index (χ1) is 15.5. The average molecular weight is 443 g/mol. The number of amides is 1. The topological polar surface area (TPSA) is 66.5 Å². The van der Waals surface area contributed by atoms with Crippen molar-refractivity contribution in [3.05, 3.63) is 115 Å². The van der Waals surface area contributed by atoms with Crippen molar-refractivity contribution in [1.29, 1.82) is 0 Å². The van der Waals surface area contributed by atoms with Crippen LogP contribution in [0, 0.1) is 0 Å². The predicted octanol–water partition coefficient (Wildman–Crippen LogP) is 5.43. The second-order valence-electron chi connectivity index (χ2n) is 7.20. The summed E-state index contributed by atoms with van der Waals surface area (Å²) >= 11 is 0. The van der Waals surface area contributed by atoms with E-state index in [0.29, 0.717) is 16.9 Å². The number of rotatable bonds is 6. The van der Waals surface area contributed by atoms with E-state index in [1.54, 1.807) is 24.3 Å². The Labute approximate surface area is 188 Å². The van der Waals surface area contributed by atoms with Crippen molar-refractivity contribution in [2.45, 2.75) is 4.90 Å². The Morgan fingerprint density at radius 3 is 1.94 bits per heavy atom. The van der Waals surface area contributed by atoms with Crippen molar-refractivity contribution < 1.29 is 13.2 Å². The van der Waals surface area contributed by atoms with Gasteiger partial charge in [0, 0.05) is 23.9 Å². The summed E-state index contributed by atoms with van der Waals surface area (Å²) in [5, 5.41) is 2.93. The summed E-state index contributed by atoms with van der Waals surface area (Å²) in [5.74, 6) is -0.311. The summed E-state index contributed by atoms with van der Waals surface area (Å²) in [7, 11) is -2.23. The van der Waals surface area contributed by atoms with Gasteiger partial charge in [-0.2, -0.15) is 0 Å². The van der Waals surface area contributed by atoms with E-state index in [4.69, 9.17) is 0 Å². The molecule has 6 heteroatoms. The molecule has 0 atom stereocenters. The quantitative estimate of drug-likeness (QED) is 0.433. The van der Waals surface area contributed by atoms with Crippen molar-refractivity contribution in [3.8, 4) is 11.1 Å². The minimum absolute atomic E-state index is 0.116. The van der Waals surface area contributed by atoms with Crippen LogP contribution in [-0.2, 0) is 10.0 Å². The molecule has 0 aliphatic heterocycles. The lowest BCUT2D eigenvalue weighted by molar-refractivity contribution is 0.102. The van der Waals surface area contributed by atoms with Crippen LogP contribution in [0.1, 0.15) is 10.4 Å². The zero-order valence-corrected chi connectivity index (χ0v) is 18.3. The molecule has 0 unspecified atom stereocenters. The van der Waals surface area contributed by atoms with E-state index in [-0.39, 0.29) is 10.8 Å². The number of hydrogen-bond acceptors (Lipinski definition) is 3. The Hall–Kier alpha value is -3.90. The van der Waals surface area contributed by atoms with Crippen LogP contribution < -0.4 is 9.62 Å². The minimum Gasteiger partial charge on any atom is -0.321 e. The van der Waals surface area contributed by atoms with Gasteiger partial charge in [0.2, 0.25) is 0 Å². The standard InChI is InChI=1S/C26H22N2O3S/c1-28(22-12-6-3-7-13-22)32(30,31)23-18-16-21(17-19-23)26(29)27-25-15-9-8-14-24(25)20-10-4-2-5-11-20/h2-19H,1H3,(H,27,29). The average Bonchev–Trinajstić information content (AvgIpc) is 2.85. The predicted molar refractivity (Wildman–Crippen MR) is 128 cm³/mol. The molecule has 4 rings (SSSR count). The Balaban J connectivity index is 1.55. The van der Waals surface area contributed by atoms with Crippen LogP contribution in [0.3, 0.4) is 0 Å². The zero-order chi connectivity index (χ0) is 22.6. The van der Waals surface area contributed by atoms with E-state index in [1.165, 1.54) is 35.6 Å². The summed E-state index contributed by atoms with van der Waals surface area (Å²) in [6, 6.07) is 32.1. The van der Waals surface area contributed by atoms with E-state index in [9.17, 15) is 13.2 Å². The summed E-state index contributed by atoms with van der Waals surface area (Å²) < 4.78 is 27.1. The largest absolute Gasteiger partial charge is 0.321 e. The van der Waals surface area contributed by atoms with Crippen LogP contribution in [0.4, 0.5) is 11.4 Å². The highest BCUT2D eigenvalue weighted by Crippen LogP contribution is 2.28. The van der Waals surface area contributed by atoms with Gasteiger partial charge in [-0.15, -0.1) is 0 Å². The van der Waals surface area contributed by atoms with E-state index < -0.39 is 10.0 Å². The van der Waals surface area contributed by atoms with Crippen LogP contribution >= 0.6 is 0 Å². The highest BCUT2D eigenvalue weighted by Gasteiger charge is 2.21. The van der Waals surface area contributed by atoms with E-state index in [0.717, 1.165) is 11.1 Å². The van der Waals surface area contributed by atoms with Gasteiger partial charge < -0.3 is 5.32 Å². The number of hydrogen-bond donors (Lipinski definition) is 1. The molecule has 0 aliphatic carbocycles. The summed E-state index contributed by atoms with van der Waals surface area (Å²) in [6.07, 6.45) is 0. The molecule has 0 saturated heterocycles. The molecular formula is C26H22N2O3S. The SMILES string of the molecule is CN(c1ccccc1)S(=O)(=O)c1ccc(C(=O)Nc2ccccc2-c2ccccc2)cc1. The van der Waals surface area contributed by atoms with Crippen LogP contribution in [-0.4, -0.2) is 21.4 Å². The van der Waals surface area contributed by atoms with Gasteiger partial charge >= 0.3 is 0 Å². The first kappa shape index (κ1) is 21.3. The third-order valence-electron chi connectivity index (χ3n) is 5.15. The molecule has 160 valence electrons. The van der Waals surface area contributed by atoms with E-state index in [1.807, 2.05) is 60.7 Å². The molecule has 5 nitrogen and oxygen atoms in total. The van der Waals surface area contributed by atoms with Crippen LogP contribution in [0.25, 0.3) is 11.1 Å². The molecule has 0 bridgehead atoms. The number of nitrogens with one attached hydrogen (secondary N) is 1. The Morgan fingerprint density at radius 1 is 0.719 bits per heavy atom. The van der Waals surface area contributed by atoms with Crippen molar-refractivity contribution in [1.82, 2.24) is 0 Å². The van der Waals surface area contributed by atoms with Gasteiger partial charge in [0.05, 0.1) is 10.6 Å². The fourth-order valence-electron chi connectivity index (χ4n) is 3.37. The highest BCUT2D eigenvalue weighted by atomic mass is 32.2. The lowest BCUT2D eigenvalue weighted by atomic mass is 10.0. The van der Waals surface area contributed by atoms with Crippen molar-refractivity contribution in [2.75, 3.05) is 16.7 Å². The Morgan fingerprint density at radius 2 is 1.28 bits per heavy atom. The second kappa shape index (κ2) is 9.08. The van der Waals surface area contributed by atoms with Gasteiger partial charge in [-0.25, -0.2) is 8.42 Å². The number of anilines is 2. The second-order valence-corrected chi connectivity index (χ2v) is 9.17. The first-order valence-electron chi connectivity index (χ1n) is 10.1. The normalized spacial score (nSPS) is 11.0. The lowest BCUT2D eigenvalue weighted by Gasteiger charge is -2.19. The summed E-state index contributed by atoms with van der Waals surface area (Å²) in [5.41, 5.74) is 3.52. The molecule has 0 fully saturated rings. The van der Waals surface area contributed by atoms with E-state index in [2.05, 4.69) is 5.32 Å². The third-order valence-corrected chi connectivity index (χ3v) is 6.95. The fourth-order valence-corrected chi connectivity index (χ4v) is 4.56. The van der Waals surface area contributed by atoms with Crippen LogP contribution in [0.2, 0.25) is 0 Å². The number of carbonyl (C=O) groups excluding carboxylic acids is 1. The van der Waals surface area contributed by atoms with Crippen molar-refractivity contribution in [2.24, 2.45) is 0 Å². The minimum atomic E-state index is -3.73. The number of nitrogens with zero attached hydrogens (tertiary/aromatic N) is 1. The molecule has 1 N–H and O–H groups in total. The maximum atomic E-state index is 12.9. The van der Waals surface area contributed by atoms with Gasteiger partial charge in [-0.05, 0) is 48.0 Å². The molecule has 0 aliphatic rings. The number of sulfonamides is 1. The van der Waals surface area contributed by atoms with Crippen molar-refractivity contribution in [3.63, 3.8) is 0 Å². The maximum absolute atomic E-state index is 12.9.